The molecule has 1 N–H and O–H groups in total. The molecule has 0 radical (unpaired) electrons. The van der Waals surface area contributed by atoms with E-state index in [-0.39, 0.29) is 5.82 Å². The zero-order chi connectivity index (χ0) is 26.1. The molecular weight excluding hydrogens is 486 g/mol. The number of methoxy groups -OCH3 is 1. The first kappa shape index (κ1) is 25.8. The van der Waals surface area contributed by atoms with Crippen LogP contribution in [0.2, 0.25) is 0 Å². The van der Waals surface area contributed by atoms with Gasteiger partial charge < -0.3 is 14.8 Å². The highest BCUT2D eigenvalue weighted by Gasteiger charge is 2.30. The fraction of sp³-hybridized carbons (Fsp3) is 0.286. The summed E-state index contributed by atoms with van der Waals surface area (Å²) in [6, 6.07) is 3.81. The van der Waals surface area contributed by atoms with Crippen molar-refractivity contribution in [3.8, 4) is 11.4 Å². The Labute approximate surface area is 193 Å². The predicted molar refractivity (Wildman–Crippen MR) is 110 cm³/mol. The fourth-order valence-electron chi connectivity index (χ4n) is 3.03. The van der Waals surface area contributed by atoms with E-state index in [9.17, 15) is 31.5 Å². The Morgan fingerprint density at radius 3 is 2.34 bits per heavy atom. The number of rotatable bonds is 7. The van der Waals surface area contributed by atoms with Gasteiger partial charge >= 0.3 is 11.9 Å². The molecule has 0 aliphatic heterocycles. The minimum absolute atomic E-state index is 0.0755. The molecule has 1 atom stereocenters. The van der Waals surface area contributed by atoms with Gasteiger partial charge in [-0.3, -0.25) is 9.36 Å². The smallest absolute Gasteiger partial charge is 0.422 e. The van der Waals surface area contributed by atoms with E-state index in [0.29, 0.717) is 16.8 Å². The first-order valence-electron chi connectivity index (χ1n) is 9.81. The summed E-state index contributed by atoms with van der Waals surface area (Å²) in [7, 11) is 2.66. The minimum atomic E-state index is -4.84. The van der Waals surface area contributed by atoms with Crippen molar-refractivity contribution in [3.63, 3.8) is 0 Å². The number of halogens is 6. The van der Waals surface area contributed by atoms with Crippen LogP contribution in [0, 0.1) is 17.5 Å². The summed E-state index contributed by atoms with van der Waals surface area (Å²) in [6.07, 6.45) is -5.54. The quantitative estimate of drug-likeness (QED) is 0.494. The van der Waals surface area contributed by atoms with Crippen LogP contribution in [0.5, 0.6) is 5.75 Å². The highest BCUT2D eigenvalue weighted by atomic mass is 19.4. The molecule has 188 valence electrons. The van der Waals surface area contributed by atoms with Gasteiger partial charge in [-0.2, -0.15) is 17.9 Å². The maximum atomic E-state index is 15.0. The summed E-state index contributed by atoms with van der Waals surface area (Å²) in [4.78, 5) is 25.2. The molecule has 3 aromatic rings. The van der Waals surface area contributed by atoms with Crippen LogP contribution in [0.25, 0.3) is 5.69 Å². The Bertz CT molecular complexity index is 1300. The van der Waals surface area contributed by atoms with E-state index in [1.165, 1.54) is 14.2 Å². The number of carbonyl (C=O) groups is 1. The Kier molecular flexibility index (Phi) is 7.24. The number of hydrogen-bond donors (Lipinski definition) is 1. The highest BCUT2D eigenvalue weighted by Crippen LogP contribution is 2.29. The van der Waals surface area contributed by atoms with Crippen molar-refractivity contribution in [2.24, 2.45) is 7.05 Å². The molecule has 35 heavy (non-hydrogen) atoms. The van der Waals surface area contributed by atoms with Crippen molar-refractivity contribution in [1.82, 2.24) is 14.3 Å². The third-order valence-corrected chi connectivity index (χ3v) is 4.85. The van der Waals surface area contributed by atoms with Gasteiger partial charge in [0.15, 0.2) is 12.4 Å². The number of hydrogen-bond acceptors (Lipinski definition) is 5. The zero-order valence-corrected chi connectivity index (χ0v) is 18.4. The SMILES string of the molecule is COC(C)c1nn(-c2cc(OCC(F)(F)F)c(C(=O)Nc3c(F)cccc3F)cc2F)c(=O)n1C. The molecule has 1 heterocycles. The average Bonchev–Trinajstić information content (AvgIpc) is 3.08. The van der Waals surface area contributed by atoms with Gasteiger partial charge in [0.25, 0.3) is 5.91 Å². The Balaban J connectivity index is 2.12. The van der Waals surface area contributed by atoms with Crippen LogP contribution < -0.4 is 15.7 Å². The van der Waals surface area contributed by atoms with Crippen LogP contribution in [-0.4, -0.2) is 40.1 Å². The van der Waals surface area contributed by atoms with Crippen LogP contribution in [0.15, 0.2) is 35.1 Å². The predicted octanol–water partition coefficient (Wildman–Crippen LogP) is 3.89. The standard InChI is InChI=1S/C21H18F6N4O4/c1-10(34-3)18-29-31(20(33)30(18)2)15-8-16(35-9-21(25,26)27)11(7-14(15)24)19(32)28-17-12(22)5-4-6-13(17)23/h4-8,10H,9H2,1-3H3,(H,28,32). The van der Waals surface area contributed by atoms with Gasteiger partial charge in [-0.05, 0) is 25.1 Å². The molecule has 0 saturated heterocycles. The Morgan fingerprint density at radius 2 is 1.77 bits per heavy atom. The highest BCUT2D eigenvalue weighted by molar-refractivity contribution is 6.06. The number of alkyl halides is 3. The molecule has 0 saturated carbocycles. The van der Waals surface area contributed by atoms with Gasteiger partial charge in [0.1, 0.15) is 40.7 Å². The van der Waals surface area contributed by atoms with Crippen LogP contribution >= 0.6 is 0 Å². The van der Waals surface area contributed by atoms with Gasteiger partial charge in [-0.15, -0.1) is 5.10 Å². The normalized spacial score (nSPS) is 12.5. The number of anilines is 1. The molecule has 0 bridgehead atoms. The number of nitrogens with one attached hydrogen (secondary N) is 1. The summed E-state index contributed by atoms with van der Waals surface area (Å²) in [5, 5.41) is 5.80. The van der Waals surface area contributed by atoms with E-state index in [4.69, 9.17) is 4.74 Å². The zero-order valence-electron chi connectivity index (χ0n) is 18.4. The fourth-order valence-corrected chi connectivity index (χ4v) is 3.03. The number of nitrogens with zero attached hydrogens (tertiary/aromatic N) is 3. The van der Waals surface area contributed by atoms with Crippen LogP contribution in [0.1, 0.15) is 29.2 Å². The van der Waals surface area contributed by atoms with Gasteiger partial charge in [-0.25, -0.2) is 18.0 Å². The summed E-state index contributed by atoms with van der Waals surface area (Å²) >= 11 is 0. The van der Waals surface area contributed by atoms with E-state index in [2.05, 4.69) is 9.84 Å². The molecule has 3 rings (SSSR count). The van der Waals surface area contributed by atoms with Crippen molar-refractivity contribution in [1.29, 1.82) is 0 Å². The second-order valence-electron chi connectivity index (χ2n) is 7.24. The first-order chi connectivity index (χ1) is 16.3. The maximum absolute atomic E-state index is 15.0. The first-order valence-corrected chi connectivity index (χ1v) is 9.81. The number of aromatic nitrogens is 3. The summed E-state index contributed by atoms with van der Waals surface area (Å²) in [5.74, 6) is -5.70. The van der Waals surface area contributed by atoms with Gasteiger partial charge in [-0.1, -0.05) is 6.07 Å². The van der Waals surface area contributed by atoms with Gasteiger partial charge in [0.2, 0.25) is 0 Å². The van der Waals surface area contributed by atoms with E-state index in [1.807, 2.05) is 5.32 Å². The Hall–Kier alpha value is -3.81. The summed E-state index contributed by atoms with van der Waals surface area (Å²) < 4.78 is 92.5. The van der Waals surface area contributed by atoms with Crippen molar-refractivity contribution >= 4 is 11.6 Å². The second-order valence-corrected chi connectivity index (χ2v) is 7.24. The van der Waals surface area contributed by atoms with Crippen LogP contribution in [0.4, 0.5) is 32.0 Å². The van der Waals surface area contributed by atoms with Gasteiger partial charge in [0, 0.05) is 20.2 Å². The molecule has 8 nitrogen and oxygen atoms in total. The van der Waals surface area contributed by atoms with E-state index >= 15 is 4.39 Å². The van der Waals surface area contributed by atoms with E-state index in [0.717, 1.165) is 22.8 Å². The number of para-hydroxylation sites is 1. The lowest BCUT2D eigenvalue weighted by molar-refractivity contribution is -0.153. The molecule has 14 heteroatoms. The summed E-state index contributed by atoms with van der Waals surface area (Å²) in [5.41, 5.74) is -3.21. The van der Waals surface area contributed by atoms with Crippen molar-refractivity contribution in [2.45, 2.75) is 19.2 Å². The van der Waals surface area contributed by atoms with Crippen molar-refractivity contribution < 1.29 is 40.6 Å². The lowest BCUT2D eigenvalue weighted by Crippen LogP contribution is -2.25. The molecule has 1 unspecified atom stereocenters. The van der Waals surface area contributed by atoms with Crippen molar-refractivity contribution in [2.75, 3.05) is 19.0 Å². The minimum Gasteiger partial charge on any atom is -0.483 e. The molecular formula is C21H18F6N4O4. The number of benzene rings is 2. The number of ether oxygens (including phenoxy) is 2. The van der Waals surface area contributed by atoms with E-state index < -0.39 is 70.6 Å². The third-order valence-electron chi connectivity index (χ3n) is 4.85. The van der Waals surface area contributed by atoms with Gasteiger partial charge in [0.05, 0.1) is 5.56 Å². The number of amides is 1. The summed E-state index contributed by atoms with van der Waals surface area (Å²) in [6.45, 7) is -0.328. The maximum Gasteiger partial charge on any atom is 0.422 e. The number of carbonyl (C=O) groups excluding carboxylic acids is 1. The third kappa shape index (κ3) is 5.48. The molecule has 0 aliphatic rings. The monoisotopic (exact) mass is 504 g/mol. The second kappa shape index (κ2) is 9.82. The average molecular weight is 504 g/mol. The van der Waals surface area contributed by atoms with Crippen molar-refractivity contribution in [3.05, 3.63) is 69.7 Å². The van der Waals surface area contributed by atoms with Crippen LogP contribution in [0.3, 0.4) is 0 Å². The lowest BCUT2D eigenvalue weighted by atomic mass is 10.1. The Morgan fingerprint density at radius 1 is 1.14 bits per heavy atom. The molecule has 0 fully saturated rings. The topological polar surface area (TPSA) is 87.4 Å². The van der Waals surface area contributed by atoms with Crippen LogP contribution in [-0.2, 0) is 11.8 Å². The molecule has 2 aromatic carbocycles. The molecule has 1 aromatic heterocycles. The lowest BCUT2D eigenvalue weighted by Gasteiger charge is -2.15. The molecule has 1 amide bonds. The molecule has 0 aliphatic carbocycles. The molecule has 0 spiro atoms. The largest absolute Gasteiger partial charge is 0.483 e. The van der Waals surface area contributed by atoms with E-state index in [1.54, 1.807) is 6.92 Å².